The molecule has 1 unspecified atom stereocenters. The number of amides is 1. The minimum atomic E-state index is -0.401. The molecule has 18 heavy (non-hydrogen) atoms. The van der Waals surface area contributed by atoms with Gasteiger partial charge >= 0.3 is 0 Å². The summed E-state index contributed by atoms with van der Waals surface area (Å²) in [5.74, 6) is -0.704. The first-order chi connectivity index (χ1) is 8.54. The highest BCUT2D eigenvalue weighted by molar-refractivity contribution is 6.08. The maximum atomic E-state index is 13.8. The third-order valence-electron chi connectivity index (χ3n) is 2.92. The van der Waals surface area contributed by atoms with Crippen molar-refractivity contribution in [3.63, 3.8) is 0 Å². The predicted molar refractivity (Wildman–Crippen MR) is 69.0 cm³/mol. The average Bonchev–Trinajstić information content (AvgIpc) is 2.66. The second kappa shape index (κ2) is 4.78. The number of nitrogens with one attached hydrogen (secondary N) is 2. The highest BCUT2D eigenvalue weighted by Crippen LogP contribution is 2.24. The Morgan fingerprint density at radius 2 is 2.28 bits per heavy atom. The van der Waals surface area contributed by atoms with Crippen molar-refractivity contribution >= 4 is 16.8 Å². The van der Waals surface area contributed by atoms with Crippen molar-refractivity contribution in [1.82, 2.24) is 10.3 Å². The minimum absolute atomic E-state index is 0.145. The van der Waals surface area contributed by atoms with Crippen LogP contribution in [0.1, 0.15) is 23.0 Å². The Morgan fingerprint density at radius 1 is 1.56 bits per heavy atom. The van der Waals surface area contributed by atoms with Crippen LogP contribution in [0.5, 0.6) is 0 Å². The molecule has 0 aliphatic rings. The van der Waals surface area contributed by atoms with E-state index in [9.17, 15) is 9.18 Å². The van der Waals surface area contributed by atoms with E-state index in [-0.39, 0.29) is 11.9 Å². The number of carbonyl (C=O) groups is 1. The fourth-order valence-corrected chi connectivity index (χ4v) is 1.97. The molecule has 1 heterocycles. The van der Waals surface area contributed by atoms with Gasteiger partial charge in [-0.3, -0.25) is 4.79 Å². The summed E-state index contributed by atoms with van der Waals surface area (Å²) >= 11 is 0. The lowest BCUT2D eigenvalue weighted by Gasteiger charge is -2.11. The lowest BCUT2D eigenvalue weighted by molar-refractivity contribution is 0.0942. The van der Waals surface area contributed by atoms with Crippen LogP contribution < -0.4 is 11.1 Å². The molecule has 1 aromatic heterocycles. The number of aromatic amines is 1. The molecule has 1 aromatic carbocycles. The van der Waals surface area contributed by atoms with Crippen molar-refractivity contribution in [2.45, 2.75) is 19.9 Å². The number of nitrogens with two attached hydrogens (primary N) is 1. The normalized spacial score (nSPS) is 12.7. The third-order valence-corrected chi connectivity index (χ3v) is 2.92. The molecule has 4 nitrogen and oxygen atoms in total. The zero-order valence-electron chi connectivity index (χ0n) is 10.4. The van der Waals surface area contributed by atoms with Crippen molar-refractivity contribution in [2.24, 2.45) is 5.73 Å². The smallest absolute Gasteiger partial charge is 0.254 e. The summed E-state index contributed by atoms with van der Waals surface area (Å²) in [6, 6.07) is 4.55. The van der Waals surface area contributed by atoms with Crippen molar-refractivity contribution < 1.29 is 9.18 Å². The predicted octanol–water partition coefficient (Wildman–Crippen LogP) is 1.69. The van der Waals surface area contributed by atoms with Gasteiger partial charge in [0, 0.05) is 29.2 Å². The molecule has 96 valence electrons. The SMILES string of the molecule is Cc1[nH]c2cccc(F)c2c1C(=O)NC(C)CN. The molecule has 1 amide bonds. The van der Waals surface area contributed by atoms with E-state index in [2.05, 4.69) is 10.3 Å². The van der Waals surface area contributed by atoms with Crippen LogP contribution in [-0.2, 0) is 0 Å². The summed E-state index contributed by atoms with van der Waals surface area (Å²) in [6.45, 7) is 3.90. The summed E-state index contributed by atoms with van der Waals surface area (Å²) in [5, 5.41) is 3.07. The first-order valence-electron chi connectivity index (χ1n) is 5.82. The molecule has 1 atom stereocenters. The topological polar surface area (TPSA) is 70.9 Å². The minimum Gasteiger partial charge on any atom is -0.358 e. The van der Waals surface area contributed by atoms with Gasteiger partial charge in [0.25, 0.3) is 5.91 Å². The molecule has 0 aliphatic heterocycles. The third kappa shape index (κ3) is 2.09. The van der Waals surface area contributed by atoms with Crippen LogP contribution in [0.2, 0.25) is 0 Å². The van der Waals surface area contributed by atoms with Gasteiger partial charge in [-0.1, -0.05) is 6.07 Å². The zero-order chi connectivity index (χ0) is 13.3. The van der Waals surface area contributed by atoms with Gasteiger partial charge in [-0.25, -0.2) is 4.39 Å². The maximum Gasteiger partial charge on any atom is 0.254 e. The second-order valence-corrected chi connectivity index (χ2v) is 4.40. The number of carbonyl (C=O) groups excluding carboxylic acids is 1. The van der Waals surface area contributed by atoms with Gasteiger partial charge in [-0.15, -0.1) is 0 Å². The number of H-pyrrole nitrogens is 1. The van der Waals surface area contributed by atoms with E-state index in [0.717, 1.165) is 0 Å². The molecule has 5 heteroatoms. The van der Waals surface area contributed by atoms with Crippen LogP contribution >= 0.6 is 0 Å². The molecule has 0 fully saturated rings. The number of hydrogen-bond acceptors (Lipinski definition) is 2. The molecule has 0 saturated heterocycles. The Kier molecular flexibility index (Phi) is 3.34. The van der Waals surface area contributed by atoms with E-state index in [1.165, 1.54) is 6.07 Å². The van der Waals surface area contributed by atoms with Gasteiger partial charge in [-0.2, -0.15) is 0 Å². The van der Waals surface area contributed by atoms with Crippen LogP contribution in [0, 0.1) is 12.7 Å². The fraction of sp³-hybridized carbons (Fsp3) is 0.308. The lowest BCUT2D eigenvalue weighted by Crippen LogP contribution is -2.38. The Balaban J connectivity index is 2.50. The molecule has 0 aliphatic carbocycles. The molecular weight excluding hydrogens is 233 g/mol. The monoisotopic (exact) mass is 249 g/mol. The van der Waals surface area contributed by atoms with E-state index in [4.69, 9.17) is 5.73 Å². The molecule has 0 bridgehead atoms. The van der Waals surface area contributed by atoms with Gasteiger partial charge in [0.1, 0.15) is 5.82 Å². The summed E-state index contributed by atoms with van der Waals surface area (Å²) < 4.78 is 13.8. The Hall–Kier alpha value is -1.88. The van der Waals surface area contributed by atoms with Crippen molar-refractivity contribution in [1.29, 1.82) is 0 Å². The molecule has 0 spiro atoms. The molecule has 0 radical (unpaired) electrons. The van der Waals surface area contributed by atoms with Crippen LogP contribution in [-0.4, -0.2) is 23.5 Å². The second-order valence-electron chi connectivity index (χ2n) is 4.40. The highest BCUT2D eigenvalue weighted by atomic mass is 19.1. The number of rotatable bonds is 3. The van der Waals surface area contributed by atoms with E-state index >= 15 is 0 Å². The first kappa shape index (κ1) is 12.6. The lowest BCUT2D eigenvalue weighted by atomic mass is 10.1. The number of hydrogen-bond donors (Lipinski definition) is 3. The number of halogens is 1. The fourth-order valence-electron chi connectivity index (χ4n) is 1.97. The summed E-state index contributed by atoms with van der Waals surface area (Å²) in [5.41, 5.74) is 7.08. The number of fused-ring (bicyclic) bond motifs is 1. The summed E-state index contributed by atoms with van der Waals surface area (Å²) in [4.78, 5) is 15.1. The zero-order valence-corrected chi connectivity index (χ0v) is 10.4. The summed E-state index contributed by atoms with van der Waals surface area (Å²) in [6.07, 6.45) is 0. The number of aryl methyl sites for hydroxylation is 1. The highest BCUT2D eigenvalue weighted by Gasteiger charge is 2.19. The van der Waals surface area contributed by atoms with Gasteiger partial charge in [0.2, 0.25) is 0 Å². The molecule has 4 N–H and O–H groups in total. The average molecular weight is 249 g/mol. The number of aromatic nitrogens is 1. The van der Waals surface area contributed by atoms with Crippen LogP contribution in [0.25, 0.3) is 10.9 Å². The first-order valence-corrected chi connectivity index (χ1v) is 5.82. The standard InChI is InChI=1S/C13H16FN3O/c1-7(6-15)16-13(18)11-8(2)17-10-5-3-4-9(14)12(10)11/h3-5,7,17H,6,15H2,1-2H3,(H,16,18). The van der Waals surface area contributed by atoms with Crippen LogP contribution in [0.15, 0.2) is 18.2 Å². The number of benzene rings is 1. The Labute approximate surface area is 104 Å². The van der Waals surface area contributed by atoms with Crippen LogP contribution in [0.3, 0.4) is 0 Å². The Morgan fingerprint density at radius 3 is 2.94 bits per heavy atom. The van der Waals surface area contributed by atoms with Crippen molar-refractivity contribution in [3.05, 3.63) is 35.3 Å². The van der Waals surface area contributed by atoms with Gasteiger partial charge < -0.3 is 16.0 Å². The molecular formula is C13H16FN3O. The summed E-state index contributed by atoms with van der Waals surface area (Å²) in [7, 11) is 0. The van der Waals surface area contributed by atoms with Crippen molar-refractivity contribution in [2.75, 3.05) is 6.54 Å². The van der Waals surface area contributed by atoms with Crippen LogP contribution in [0.4, 0.5) is 4.39 Å². The van der Waals surface area contributed by atoms with E-state index in [1.807, 2.05) is 0 Å². The maximum absolute atomic E-state index is 13.8. The van der Waals surface area contributed by atoms with E-state index in [1.54, 1.807) is 26.0 Å². The largest absolute Gasteiger partial charge is 0.358 e. The molecule has 2 aromatic rings. The van der Waals surface area contributed by atoms with Gasteiger partial charge in [0.15, 0.2) is 0 Å². The van der Waals surface area contributed by atoms with Crippen molar-refractivity contribution in [3.8, 4) is 0 Å². The van der Waals surface area contributed by atoms with Gasteiger partial charge in [0.05, 0.1) is 5.56 Å². The molecule has 2 rings (SSSR count). The Bertz CT molecular complexity index is 591. The molecule has 0 saturated carbocycles. The quantitative estimate of drug-likeness (QED) is 0.774. The van der Waals surface area contributed by atoms with E-state index < -0.39 is 5.82 Å². The van der Waals surface area contributed by atoms with E-state index in [0.29, 0.717) is 28.7 Å². The van der Waals surface area contributed by atoms with Gasteiger partial charge in [-0.05, 0) is 26.0 Å².